The third kappa shape index (κ3) is 5.69. The predicted octanol–water partition coefficient (Wildman–Crippen LogP) is 7.12. The van der Waals surface area contributed by atoms with Crippen LogP contribution in [0.5, 0.6) is 11.5 Å². The third-order valence-electron chi connectivity index (χ3n) is 6.10. The van der Waals surface area contributed by atoms with Crippen LogP contribution >= 0.6 is 0 Å². The number of imidazole rings is 1. The number of hydrogen-bond donors (Lipinski definition) is 0. The molecule has 0 saturated carbocycles. The molecule has 0 amide bonds. The minimum Gasteiger partial charge on any atom is -0.527 e. The van der Waals surface area contributed by atoms with Crippen molar-refractivity contribution in [3.63, 3.8) is 0 Å². The standard InChI is InChI=1S/C21H23N2O.C11H8N.Ir/c1-14(2)12-22-13-23-16-10-9-15(21(3,4)5)11-19(16)24-18-8-6-7-17(22)20(18)23;1-2-6-10(7-3-1)11-8-4-5-9-12-11;/h6-9,11,14H,12H2,1-5H3;1-6,8-9H;/q2*-1;+3. The average Bonchev–Trinajstić information content (AvgIpc) is 3.24. The van der Waals surface area contributed by atoms with Crippen molar-refractivity contribution in [1.82, 2.24) is 9.55 Å². The normalized spacial score (nSPS) is 11.7. The van der Waals surface area contributed by atoms with Gasteiger partial charge in [-0.15, -0.1) is 47.5 Å². The van der Waals surface area contributed by atoms with E-state index < -0.39 is 0 Å². The van der Waals surface area contributed by atoms with Gasteiger partial charge >= 0.3 is 20.1 Å². The average molecular weight is 666 g/mol. The van der Waals surface area contributed by atoms with Crippen LogP contribution in [0.25, 0.3) is 28.0 Å². The first-order valence-corrected chi connectivity index (χ1v) is 12.4. The number of benzene rings is 3. The van der Waals surface area contributed by atoms with E-state index in [0.717, 1.165) is 46.0 Å². The molecule has 0 spiro atoms. The van der Waals surface area contributed by atoms with Crippen LogP contribution in [0.3, 0.4) is 0 Å². The van der Waals surface area contributed by atoms with E-state index in [9.17, 15) is 0 Å². The molecule has 3 aromatic carbocycles. The molecule has 188 valence electrons. The molecule has 0 N–H and O–H groups in total. The molecule has 0 unspecified atom stereocenters. The van der Waals surface area contributed by atoms with Crippen LogP contribution in [-0.2, 0) is 32.1 Å². The van der Waals surface area contributed by atoms with Gasteiger partial charge in [-0.1, -0.05) is 64.3 Å². The number of aromatic nitrogens is 3. The molecule has 37 heavy (non-hydrogen) atoms. The van der Waals surface area contributed by atoms with Crippen LogP contribution in [0.4, 0.5) is 0 Å². The predicted molar refractivity (Wildman–Crippen MR) is 143 cm³/mol. The van der Waals surface area contributed by atoms with Crippen molar-refractivity contribution in [3.05, 3.63) is 103 Å². The third-order valence-corrected chi connectivity index (χ3v) is 6.10. The monoisotopic (exact) mass is 666 g/mol. The summed E-state index contributed by atoms with van der Waals surface area (Å²) in [4.78, 5) is 4.22. The molecular weight excluding hydrogens is 635 g/mol. The number of fused-ring (bicyclic) bond motifs is 2. The molecule has 6 rings (SSSR count). The number of rotatable bonds is 3. The van der Waals surface area contributed by atoms with Crippen molar-refractivity contribution in [2.45, 2.75) is 46.6 Å². The van der Waals surface area contributed by atoms with Gasteiger partial charge in [-0.25, -0.2) is 0 Å². The van der Waals surface area contributed by atoms with Crippen molar-refractivity contribution in [2.75, 3.05) is 0 Å². The van der Waals surface area contributed by atoms with E-state index in [0.29, 0.717) is 5.92 Å². The van der Waals surface area contributed by atoms with Gasteiger partial charge in [-0.2, -0.15) is 12.1 Å². The Bertz CT molecular complexity index is 1450. The molecule has 1 aliphatic rings. The summed E-state index contributed by atoms with van der Waals surface area (Å²) in [7, 11) is 0. The minimum absolute atomic E-state index is 0. The fraction of sp³-hybridized carbons (Fsp3) is 0.250. The number of pyridine rings is 1. The van der Waals surface area contributed by atoms with E-state index in [1.807, 2.05) is 48.5 Å². The van der Waals surface area contributed by atoms with Crippen LogP contribution in [0, 0.1) is 24.4 Å². The smallest absolute Gasteiger partial charge is 0.527 e. The summed E-state index contributed by atoms with van der Waals surface area (Å²) in [5.41, 5.74) is 6.47. The minimum atomic E-state index is 0. The van der Waals surface area contributed by atoms with Gasteiger partial charge in [-0.05, 0) is 29.4 Å². The second kappa shape index (κ2) is 11.0. The van der Waals surface area contributed by atoms with Gasteiger partial charge in [0, 0.05) is 11.9 Å². The van der Waals surface area contributed by atoms with Gasteiger partial charge in [0.2, 0.25) is 6.33 Å². The number of para-hydroxylation sites is 1. The van der Waals surface area contributed by atoms with Crippen molar-refractivity contribution in [2.24, 2.45) is 5.92 Å². The first-order chi connectivity index (χ1) is 17.3. The topological polar surface area (TPSA) is 30.9 Å². The molecule has 5 heteroatoms. The molecule has 1 aliphatic heterocycles. The quantitative estimate of drug-likeness (QED) is 0.149. The Kier molecular flexibility index (Phi) is 7.96. The summed E-state index contributed by atoms with van der Waals surface area (Å²) in [6.45, 7) is 12.0. The van der Waals surface area contributed by atoms with E-state index in [2.05, 4.69) is 91.5 Å². The Morgan fingerprint density at radius 1 is 0.973 bits per heavy atom. The van der Waals surface area contributed by atoms with Gasteiger partial charge < -0.3 is 18.9 Å². The summed E-state index contributed by atoms with van der Waals surface area (Å²) in [5.74, 6) is 2.30. The molecule has 0 aliphatic carbocycles. The molecule has 0 bridgehead atoms. The van der Waals surface area contributed by atoms with Crippen LogP contribution in [0.1, 0.15) is 40.2 Å². The van der Waals surface area contributed by atoms with Crippen molar-refractivity contribution in [1.29, 1.82) is 0 Å². The Labute approximate surface area is 233 Å². The molecule has 0 saturated heterocycles. The maximum absolute atomic E-state index is 6.22. The van der Waals surface area contributed by atoms with E-state index >= 15 is 0 Å². The molecular formula is C32H31IrN3O+. The second-order valence-corrected chi connectivity index (χ2v) is 10.5. The molecule has 0 atom stereocenters. The zero-order chi connectivity index (χ0) is 25.3. The Hall–Kier alpha value is -3.27. The van der Waals surface area contributed by atoms with Gasteiger partial charge in [0.25, 0.3) is 0 Å². The Balaban J connectivity index is 0.000000208. The van der Waals surface area contributed by atoms with Gasteiger partial charge in [0.1, 0.15) is 5.75 Å². The molecule has 2 aromatic heterocycles. The van der Waals surface area contributed by atoms with Crippen LogP contribution in [0.2, 0.25) is 0 Å². The van der Waals surface area contributed by atoms with Crippen LogP contribution < -0.4 is 9.30 Å². The number of hydrogen-bond acceptors (Lipinski definition) is 2. The first kappa shape index (κ1) is 26.8. The van der Waals surface area contributed by atoms with Crippen LogP contribution in [-0.4, -0.2) is 9.55 Å². The van der Waals surface area contributed by atoms with E-state index in [1.54, 1.807) is 6.20 Å². The van der Waals surface area contributed by atoms with E-state index in [1.165, 1.54) is 5.56 Å². The summed E-state index contributed by atoms with van der Waals surface area (Å²) in [6, 6.07) is 30.7. The maximum Gasteiger partial charge on any atom is 3.00 e. The summed E-state index contributed by atoms with van der Waals surface area (Å²) < 4.78 is 10.5. The Morgan fingerprint density at radius 2 is 1.78 bits per heavy atom. The second-order valence-electron chi connectivity index (χ2n) is 10.5. The zero-order valence-electron chi connectivity index (χ0n) is 21.9. The van der Waals surface area contributed by atoms with Gasteiger partial charge in [-0.3, -0.25) is 0 Å². The van der Waals surface area contributed by atoms with Crippen molar-refractivity contribution >= 4 is 11.0 Å². The zero-order valence-corrected chi connectivity index (χ0v) is 24.3. The molecule has 0 radical (unpaired) electrons. The molecule has 3 heterocycles. The summed E-state index contributed by atoms with van der Waals surface area (Å²) >= 11 is 0. The first-order valence-electron chi connectivity index (χ1n) is 12.4. The molecule has 0 fully saturated rings. The fourth-order valence-electron chi connectivity index (χ4n) is 4.27. The Morgan fingerprint density at radius 3 is 2.46 bits per heavy atom. The number of nitrogens with zero attached hydrogens (tertiary/aromatic N) is 3. The SMILES string of the molecule is CC(C)Cn1[c-][n+]2c3c(cccc31)Oc1cc(C(C)(C)C)c[c-]c1-2.[Ir+3].[c-]1ccccc1-c1ccccn1. The summed E-state index contributed by atoms with van der Waals surface area (Å²) in [6.07, 6.45) is 5.29. The van der Waals surface area contributed by atoms with Gasteiger partial charge in [0.05, 0.1) is 17.6 Å². The fourth-order valence-corrected chi connectivity index (χ4v) is 4.27. The van der Waals surface area contributed by atoms with E-state index in [-0.39, 0.29) is 25.5 Å². The maximum atomic E-state index is 6.22. The molecule has 5 aromatic rings. The largest absolute Gasteiger partial charge is 3.00 e. The van der Waals surface area contributed by atoms with Gasteiger partial charge in [0.15, 0.2) is 0 Å². The number of ether oxygens (including phenoxy) is 1. The van der Waals surface area contributed by atoms with Crippen LogP contribution in [0.15, 0.2) is 79.0 Å². The summed E-state index contributed by atoms with van der Waals surface area (Å²) in [5, 5.41) is 0. The van der Waals surface area contributed by atoms with Crippen molar-refractivity contribution in [3.8, 4) is 28.4 Å². The molecule has 4 nitrogen and oxygen atoms in total. The van der Waals surface area contributed by atoms with E-state index in [4.69, 9.17) is 4.74 Å². The van der Waals surface area contributed by atoms with Crippen molar-refractivity contribution < 1.29 is 29.4 Å².